The number of nitrogens with one attached hydrogen (secondary N) is 2. The number of hydrogen-bond acceptors (Lipinski definition) is 3. The van der Waals surface area contributed by atoms with Crippen molar-refractivity contribution in [3.8, 4) is 0 Å². The lowest BCUT2D eigenvalue weighted by atomic mass is 10.00. The van der Waals surface area contributed by atoms with Crippen molar-refractivity contribution in [3.63, 3.8) is 0 Å². The monoisotopic (exact) mass is 284 g/mol. The molecule has 0 aromatic rings. The van der Waals surface area contributed by atoms with Crippen LogP contribution in [-0.4, -0.2) is 42.4 Å². The molecule has 1 aliphatic heterocycles. The second-order valence-electron chi connectivity index (χ2n) is 5.70. The molecule has 4 atom stereocenters. The molecule has 4 unspecified atom stereocenters. The Bertz CT molecular complexity index is 361. The van der Waals surface area contributed by atoms with Crippen LogP contribution in [0.3, 0.4) is 0 Å². The van der Waals surface area contributed by atoms with E-state index >= 15 is 0 Å². The van der Waals surface area contributed by atoms with Crippen molar-refractivity contribution in [2.45, 2.75) is 51.2 Å². The van der Waals surface area contributed by atoms with Crippen LogP contribution >= 0.6 is 0 Å². The standard InChI is InChI=1S/C14H24N2O4/c1-2-12-9(6-7-20-12)8-15-14(19)16-11-5-3-4-10(11)13(17)18/h9-12H,2-8H2,1H3,(H,17,18)(H2,15,16,19). The summed E-state index contributed by atoms with van der Waals surface area (Å²) in [5.41, 5.74) is 0. The first-order valence-electron chi connectivity index (χ1n) is 7.50. The highest BCUT2D eigenvalue weighted by Gasteiger charge is 2.34. The van der Waals surface area contributed by atoms with Gasteiger partial charge in [0.1, 0.15) is 0 Å². The molecule has 0 radical (unpaired) electrons. The van der Waals surface area contributed by atoms with Gasteiger partial charge in [0.25, 0.3) is 0 Å². The van der Waals surface area contributed by atoms with Gasteiger partial charge in [0, 0.05) is 25.1 Å². The molecular formula is C14H24N2O4. The summed E-state index contributed by atoms with van der Waals surface area (Å²) < 4.78 is 5.58. The van der Waals surface area contributed by atoms with Gasteiger partial charge in [0.05, 0.1) is 12.0 Å². The third kappa shape index (κ3) is 3.62. The number of urea groups is 1. The Morgan fingerprint density at radius 1 is 1.30 bits per heavy atom. The summed E-state index contributed by atoms with van der Waals surface area (Å²) in [7, 11) is 0. The highest BCUT2D eigenvalue weighted by molar-refractivity contribution is 5.77. The molecule has 2 aliphatic rings. The predicted octanol–water partition coefficient (Wildman–Crippen LogP) is 1.35. The molecule has 114 valence electrons. The number of amides is 2. The third-order valence-electron chi connectivity index (χ3n) is 4.42. The van der Waals surface area contributed by atoms with Gasteiger partial charge in [-0.05, 0) is 25.7 Å². The van der Waals surface area contributed by atoms with Crippen molar-refractivity contribution in [2.24, 2.45) is 11.8 Å². The number of carboxylic acid groups (broad SMARTS) is 1. The molecule has 0 spiro atoms. The van der Waals surface area contributed by atoms with Gasteiger partial charge in [-0.3, -0.25) is 4.79 Å². The van der Waals surface area contributed by atoms with Gasteiger partial charge in [-0.25, -0.2) is 4.79 Å². The molecule has 6 nitrogen and oxygen atoms in total. The van der Waals surface area contributed by atoms with Crippen LogP contribution in [0.5, 0.6) is 0 Å². The zero-order valence-corrected chi connectivity index (χ0v) is 11.9. The van der Waals surface area contributed by atoms with Crippen molar-refractivity contribution in [2.75, 3.05) is 13.2 Å². The summed E-state index contributed by atoms with van der Waals surface area (Å²) in [4.78, 5) is 22.9. The SMILES string of the molecule is CCC1OCCC1CNC(=O)NC1CCCC1C(=O)O. The zero-order valence-electron chi connectivity index (χ0n) is 11.9. The highest BCUT2D eigenvalue weighted by Crippen LogP contribution is 2.26. The number of hydrogen-bond donors (Lipinski definition) is 3. The fraction of sp³-hybridized carbons (Fsp3) is 0.857. The van der Waals surface area contributed by atoms with Crippen LogP contribution in [0.4, 0.5) is 4.79 Å². The summed E-state index contributed by atoms with van der Waals surface area (Å²) in [6, 6.07) is -0.501. The van der Waals surface area contributed by atoms with Gasteiger partial charge in [0.2, 0.25) is 0 Å². The number of aliphatic carboxylic acids is 1. The van der Waals surface area contributed by atoms with E-state index in [1.165, 1.54) is 0 Å². The second-order valence-corrected chi connectivity index (χ2v) is 5.70. The smallest absolute Gasteiger partial charge is 0.315 e. The summed E-state index contributed by atoms with van der Waals surface area (Å²) in [6.45, 7) is 3.43. The fourth-order valence-electron chi connectivity index (χ4n) is 3.25. The Morgan fingerprint density at radius 2 is 2.10 bits per heavy atom. The van der Waals surface area contributed by atoms with E-state index in [4.69, 9.17) is 9.84 Å². The summed E-state index contributed by atoms with van der Waals surface area (Å²) in [6.07, 6.45) is 4.41. The molecule has 0 aromatic carbocycles. The number of carbonyl (C=O) groups excluding carboxylic acids is 1. The molecule has 2 rings (SSSR count). The van der Waals surface area contributed by atoms with E-state index in [2.05, 4.69) is 17.6 Å². The van der Waals surface area contributed by atoms with E-state index in [0.717, 1.165) is 32.3 Å². The lowest BCUT2D eigenvalue weighted by Crippen LogP contribution is -2.47. The van der Waals surface area contributed by atoms with Crippen LogP contribution in [0.2, 0.25) is 0 Å². The van der Waals surface area contributed by atoms with Crippen molar-refractivity contribution in [1.29, 1.82) is 0 Å². The first kappa shape index (κ1) is 15.1. The van der Waals surface area contributed by atoms with Gasteiger partial charge in [-0.15, -0.1) is 0 Å². The lowest BCUT2D eigenvalue weighted by Gasteiger charge is -2.20. The van der Waals surface area contributed by atoms with Gasteiger partial charge >= 0.3 is 12.0 Å². The van der Waals surface area contributed by atoms with Gasteiger partial charge in [-0.2, -0.15) is 0 Å². The van der Waals surface area contributed by atoms with E-state index in [9.17, 15) is 9.59 Å². The Hall–Kier alpha value is -1.30. The van der Waals surface area contributed by atoms with Gasteiger partial charge in [-0.1, -0.05) is 13.3 Å². The van der Waals surface area contributed by atoms with E-state index in [-0.39, 0.29) is 18.2 Å². The average Bonchev–Trinajstić information content (AvgIpc) is 3.04. The van der Waals surface area contributed by atoms with E-state index in [1.54, 1.807) is 0 Å². The first-order chi connectivity index (χ1) is 9.61. The molecule has 20 heavy (non-hydrogen) atoms. The zero-order chi connectivity index (χ0) is 14.5. The van der Waals surface area contributed by atoms with Crippen molar-refractivity contribution < 1.29 is 19.4 Å². The van der Waals surface area contributed by atoms with Gasteiger partial charge < -0.3 is 20.5 Å². The summed E-state index contributed by atoms with van der Waals surface area (Å²) in [5.74, 6) is -0.897. The highest BCUT2D eigenvalue weighted by atomic mass is 16.5. The van der Waals surface area contributed by atoms with E-state index < -0.39 is 11.9 Å². The van der Waals surface area contributed by atoms with Crippen LogP contribution in [0.1, 0.15) is 39.0 Å². The lowest BCUT2D eigenvalue weighted by molar-refractivity contribution is -0.142. The Labute approximate surface area is 119 Å². The van der Waals surface area contributed by atoms with Crippen LogP contribution < -0.4 is 10.6 Å². The second kappa shape index (κ2) is 6.92. The molecule has 0 aromatic heterocycles. The molecule has 6 heteroatoms. The largest absolute Gasteiger partial charge is 0.481 e. The Morgan fingerprint density at radius 3 is 2.80 bits per heavy atom. The maximum Gasteiger partial charge on any atom is 0.315 e. The number of carboxylic acids is 1. The maximum absolute atomic E-state index is 11.9. The molecule has 2 amide bonds. The molecule has 1 aliphatic carbocycles. The number of rotatable bonds is 5. The summed E-state index contributed by atoms with van der Waals surface area (Å²) >= 11 is 0. The summed E-state index contributed by atoms with van der Waals surface area (Å²) in [5, 5.41) is 14.7. The van der Waals surface area contributed by atoms with Crippen molar-refractivity contribution >= 4 is 12.0 Å². The van der Waals surface area contributed by atoms with Gasteiger partial charge in [0.15, 0.2) is 0 Å². The minimum absolute atomic E-state index is 0.230. The van der Waals surface area contributed by atoms with Crippen LogP contribution in [0.25, 0.3) is 0 Å². The normalized spacial score (nSPS) is 33.0. The quantitative estimate of drug-likeness (QED) is 0.711. The van der Waals surface area contributed by atoms with Crippen LogP contribution in [0, 0.1) is 11.8 Å². The molecule has 2 fully saturated rings. The Kier molecular flexibility index (Phi) is 5.23. The first-order valence-corrected chi connectivity index (χ1v) is 7.50. The maximum atomic E-state index is 11.9. The van der Waals surface area contributed by atoms with E-state index in [1.807, 2.05) is 0 Å². The van der Waals surface area contributed by atoms with E-state index in [0.29, 0.717) is 18.9 Å². The van der Waals surface area contributed by atoms with Crippen molar-refractivity contribution in [1.82, 2.24) is 10.6 Å². The van der Waals surface area contributed by atoms with Crippen LogP contribution in [-0.2, 0) is 9.53 Å². The molecular weight excluding hydrogens is 260 g/mol. The topological polar surface area (TPSA) is 87.7 Å². The molecule has 1 heterocycles. The minimum atomic E-state index is -0.817. The molecule has 0 bridgehead atoms. The fourth-order valence-corrected chi connectivity index (χ4v) is 3.25. The molecule has 1 saturated carbocycles. The van der Waals surface area contributed by atoms with Crippen LogP contribution in [0.15, 0.2) is 0 Å². The predicted molar refractivity (Wildman–Crippen MR) is 73.4 cm³/mol. The molecule has 3 N–H and O–H groups in total. The average molecular weight is 284 g/mol. The molecule has 1 saturated heterocycles. The third-order valence-corrected chi connectivity index (χ3v) is 4.42. The minimum Gasteiger partial charge on any atom is -0.481 e. The number of carbonyl (C=O) groups is 2. The van der Waals surface area contributed by atoms with Crippen molar-refractivity contribution in [3.05, 3.63) is 0 Å². The Balaban J connectivity index is 1.74. The number of ether oxygens (including phenoxy) is 1.